The maximum atomic E-state index is 5.73. The molecule has 0 spiro atoms. The molecular formula is C17H18N6O2. The van der Waals surface area contributed by atoms with Gasteiger partial charge in [-0.05, 0) is 37.1 Å². The summed E-state index contributed by atoms with van der Waals surface area (Å²) in [6.07, 6.45) is 6.31. The summed E-state index contributed by atoms with van der Waals surface area (Å²) < 4.78 is 13.1. The van der Waals surface area contributed by atoms with E-state index in [-0.39, 0.29) is 5.41 Å². The summed E-state index contributed by atoms with van der Waals surface area (Å²) in [5.41, 5.74) is 0.646. The highest BCUT2D eigenvalue weighted by atomic mass is 16.5. The summed E-state index contributed by atoms with van der Waals surface area (Å²) in [6.45, 7) is 3.21. The zero-order valence-electron chi connectivity index (χ0n) is 13.6. The Balaban J connectivity index is 1.50. The third-order valence-electron chi connectivity index (χ3n) is 5.18. The lowest BCUT2D eigenvalue weighted by Crippen LogP contribution is -2.44. The minimum absolute atomic E-state index is 0.207. The smallest absolute Gasteiger partial charge is 0.237 e. The van der Waals surface area contributed by atoms with Crippen molar-refractivity contribution in [2.45, 2.75) is 11.8 Å². The standard InChI is InChI=1S/C17H18N6O2/c1-4-20-23(6-1)14-8-12(2-5-19-14)15-21-16(25-22-15)17-10-18-9-13(17)3-7-24-11-17/h1-2,4-6,8,13,18H,3,7,9-11H2/t13-,17+/m1/s1. The average Bonchev–Trinajstić information content (AvgIpc) is 3.42. The van der Waals surface area contributed by atoms with E-state index in [0.717, 1.165) is 31.7 Å². The van der Waals surface area contributed by atoms with Gasteiger partial charge in [0.05, 0.1) is 12.0 Å². The molecule has 0 aliphatic carbocycles. The number of nitrogens with zero attached hydrogens (tertiary/aromatic N) is 5. The van der Waals surface area contributed by atoms with Crippen LogP contribution in [0.4, 0.5) is 0 Å². The van der Waals surface area contributed by atoms with Crippen LogP contribution in [0.15, 0.2) is 41.3 Å². The number of ether oxygens (including phenoxy) is 1. The van der Waals surface area contributed by atoms with Crippen molar-refractivity contribution in [1.29, 1.82) is 0 Å². The van der Waals surface area contributed by atoms with Crippen molar-refractivity contribution < 1.29 is 9.26 Å². The molecular weight excluding hydrogens is 320 g/mol. The molecule has 2 fully saturated rings. The molecule has 0 unspecified atom stereocenters. The second-order valence-corrected chi connectivity index (χ2v) is 6.60. The molecule has 2 saturated heterocycles. The van der Waals surface area contributed by atoms with Gasteiger partial charge in [-0.25, -0.2) is 9.67 Å². The van der Waals surface area contributed by atoms with Crippen molar-refractivity contribution in [1.82, 2.24) is 30.2 Å². The molecule has 0 bridgehead atoms. The Morgan fingerprint density at radius 1 is 1.32 bits per heavy atom. The first-order valence-corrected chi connectivity index (χ1v) is 8.44. The molecule has 8 nitrogen and oxygen atoms in total. The van der Waals surface area contributed by atoms with Gasteiger partial charge in [0.15, 0.2) is 5.82 Å². The number of hydrogen-bond acceptors (Lipinski definition) is 7. The topological polar surface area (TPSA) is 90.9 Å². The lowest BCUT2D eigenvalue weighted by molar-refractivity contribution is 0.00198. The van der Waals surface area contributed by atoms with Gasteiger partial charge in [0.1, 0.15) is 0 Å². The number of hydrogen-bond donors (Lipinski definition) is 1. The average molecular weight is 338 g/mol. The molecule has 0 radical (unpaired) electrons. The van der Waals surface area contributed by atoms with Gasteiger partial charge >= 0.3 is 0 Å². The van der Waals surface area contributed by atoms with E-state index in [1.807, 2.05) is 24.4 Å². The first-order valence-electron chi connectivity index (χ1n) is 8.44. The number of rotatable bonds is 3. The highest BCUT2D eigenvalue weighted by molar-refractivity contribution is 5.56. The molecule has 2 aliphatic heterocycles. The summed E-state index contributed by atoms with van der Waals surface area (Å²) in [4.78, 5) is 9.05. The Labute approximate surface area is 144 Å². The van der Waals surface area contributed by atoms with Gasteiger partial charge in [-0.3, -0.25) is 0 Å². The van der Waals surface area contributed by atoms with E-state index in [1.165, 1.54) is 0 Å². The van der Waals surface area contributed by atoms with Crippen LogP contribution in [0.25, 0.3) is 17.2 Å². The van der Waals surface area contributed by atoms with Crippen molar-refractivity contribution >= 4 is 0 Å². The van der Waals surface area contributed by atoms with Crippen molar-refractivity contribution in [2.24, 2.45) is 5.92 Å². The Kier molecular flexibility index (Phi) is 3.39. The third kappa shape index (κ3) is 2.37. The zero-order valence-corrected chi connectivity index (χ0v) is 13.6. The highest BCUT2D eigenvalue weighted by Crippen LogP contribution is 2.40. The summed E-state index contributed by atoms with van der Waals surface area (Å²) in [6, 6.07) is 5.64. The Bertz CT molecular complexity index is 877. The van der Waals surface area contributed by atoms with E-state index in [2.05, 4.69) is 20.6 Å². The monoisotopic (exact) mass is 338 g/mol. The van der Waals surface area contributed by atoms with Crippen LogP contribution in [0.1, 0.15) is 12.3 Å². The molecule has 2 aliphatic rings. The van der Waals surface area contributed by atoms with Crippen molar-refractivity contribution in [3.63, 3.8) is 0 Å². The van der Waals surface area contributed by atoms with Crippen LogP contribution in [-0.4, -0.2) is 51.2 Å². The third-order valence-corrected chi connectivity index (χ3v) is 5.18. The second-order valence-electron chi connectivity index (χ2n) is 6.60. The molecule has 1 N–H and O–H groups in total. The van der Waals surface area contributed by atoms with E-state index in [4.69, 9.17) is 14.2 Å². The second kappa shape index (κ2) is 5.75. The largest absolute Gasteiger partial charge is 0.380 e. The van der Waals surface area contributed by atoms with Gasteiger partial charge < -0.3 is 14.6 Å². The Hall–Kier alpha value is -2.58. The van der Waals surface area contributed by atoms with Crippen LogP contribution < -0.4 is 5.32 Å². The molecule has 5 rings (SSSR count). The number of nitrogens with one attached hydrogen (secondary N) is 1. The first-order chi connectivity index (χ1) is 12.4. The van der Waals surface area contributed by atoms with Crippen LogP contribution >= 0.6 is 0 Å². The van der Waals surface area contributed by atoms with Gasteiger partial charge in [0.2, 0.25) is 11.7 Å². The van der Waals surface area contributed by atoms with Crippen molar-refractivity contribution in [3.8, 4) is 17.2 Å². The molecule has 0 saturated carbocycles. The van der Waals surface area contributed by atoms with E-state index >= 15 is 0 Å². The predicted octanol–water partition coefficient (Wildman–Crippen LogP) is 1.19. The molecule has 128 valence electrons. The molecule has 2 atom stereocenters. The number of pyridine rings is 1. The van der Waals surface area contributed by atoms with Gasteiger partial charge in [0, 0.05) is 37.3 Å². The lowest BCUT2D eigenvalue weighted by atomic mass is 9.75. The zero-order chi connectivity index (χ0) is 16.7. The maximum absolute atomic E-state index is 5.73. The van der Waals surface area contributed by atoms with Gasteiger partial charge in [-0.15, -0.1) is 0 Å². The van der Waals surface area contributed by atoms with Crippen molar-refractivity contribution in [2.75, 3.05) is 26.3 Å². The predicted molar refractivity (Wildman–Crippen MR) is 88.1 cm³/mol. The molecule has 0 aromatic carbocycles. The van der Waals surface area contributed by atoms with E-state index in [0.29, 0.717) is 30.1 Å². The van der Waals surface area contributed by atoms with Crippen LogP contribution in [-0.2, 0) is 10.2 Å². The summed E-state index contributed by atoms with van der Waals surface area (Å²) in [5.74, 6) is 2.42. The summed E-state index contributed by atoms with van der Waals surface area (Å²) in [7, 11) is 0. The Morgan fingerprint density at radius 3 is 3.24 bits per heavy atom. The summed E-state index contributed by atoms with van der Waals surface area (Å²) in [5, 5.41) is 11.9. The van der Waals surface area contributed by atoms with Gasteiger partial charge in [0.25, 0.3) is 0 Å². The minimum atomic E-state index is -0.207. The molecule has 0 amide bonds. The fraction of sp³-hybridized carbons (Fsp3) is 0.412. The van der Waals surface area contributed by atoms with Crippen LogP contribution in [0.2, 0.25) is 0 Å². The van der Waals surface area contributed by atoms with Gasteiger partial charge in [-0.2, -0.15) is 10.1 Å². The first kappa shape index (κ1) is 14.7. The molecule has 3 aromatic rings. The number of aromatic nitrogens is 5. The van der Waals surface area contributed by atoms with E-state index < -0.39 is 0 Å². The van der Waals surface area contributed by atoms with E-state index in [9.17, 15) is 0 Å². The maximum Gasteiger partial charge on any atom is 0.237 e. The molecule has 5 heterocycles. The highest BCUT2D eigenvalue weighted by Gasteiger charge is 2.50. The quantitative estimate of drug-likeness (QED) is 0.767. The number of fused-ring (bicyclic) bond motifs is 1. The fourth-order valence-electron chi connectivity index (χ4n) is 3.78. The van der Waals surface area contributed by atoms with E-state index in [1.54, 1.807) is 17.1 Å². The van der Waals surface area contributed by atoms with Crippen LogP contribution in [0.5, 0.6) is 0 Å². The normalized spacial score (nSPS) is 25.8. The fourth-order valence-corrected chi connectivity index (χ4v) is 3.78. The molecule has 8 heteroatoms. The van der Waals surface area contributed by atoms with Crippen LogP contribution in [0.3, 0.4) is 0 Å². The van der Waals surface area contributed by atoms with Crippen molar-refractivity contribution in [3.05, 3.63) is 42.7 Å². The Morgan fingerprint density at radius 2 is 2.32 bits per heavy atom. The minimum Gasteiger partial charge on any atom is -0.380 e. The SMILES string of the molecule is c1cnn(-c2cc(-c3noc([C@]45CNC[C@H]4CCOC5)n3)ccn2)c1. The van der Waals surface area contributed by atoms with Crippen LogP contribution in [0, 0.1) is 5.92 Å². The molecule has 25 heavy (non-hydrogen) atoms. The molecule has 3 aromatic heterocycles. The lowest BCUT2D eigenvalue weighted by Gasteiger charge is -2.34. The summed E-state index contributed by atoms with van der Waals surface area (Å²) >= 11 is 0. The van der Waals surface area contributed by atoms with Gasteiger partial charge in [-0.1, -0.05) is 5.16 Å².